The number of likely N-dealkylation sites (tertiary alicyclic amines) is 1. The first-order valence-corrected chi connectivity index (χ1v) is 16.0. The molecule has 45 heavy (non-hydrogen) atoms. The number of ether oxygens (including phenoxy) is 2. The van der Waals surface area contributed by atoms with Crippen LogP contribution in [0.3, 0.4) is 0 Å². The number of fused-ring (bicyclic) bond motifs is 2. The van der Waals surface area contributed by atoms with E-state index in [1.165, 1.54) is 4.90 Å². The Kier molecular flexibility index (Phi) is 8.89. The van der Waals surface area contributed by atoms with Gasteiger partial charge in [-0.3, -0.25) is 14.4 Å². The average Bonchev–Trinajstić information content (AvgIpc) is 3.77. The summed E-state index contributed by atoms with van der Waals surface area (Å²) in [7, 11) is 0. The highest BCUT2D eigenvalue weighted by Gasteiger charge is 2.77. The molecule has 1 aromatic heterocycles. The molecule has 3 saturated heterocycles. The third-order valence-corrected chi connectivity index (χ3v) is 9.95. The predicted octanol–water partition coefficient (Wildman–Crippen LogP) is 2.87. The summed E-state index contributed by atoms with van der Waals surface area (Å²) in [5.41, 5.74) is 1.00. The van der Waals surface area contributed by atoms with E-state index in [0.29, 0.717) is 24.8 Å². The Morgan fingerprint density at radius 3 is 2.67 bits per heavy atom. The summed E-state index contributed by atoms with van der Waals surface area (Å²) in [6, 6.07) is 15.0. The number of esters is 1. The van der Waals surface area contributed by atoms with Gasteiger partial charge in [-0.05, 0) is 37.0 Å². The highest BCUT2D eigenvalue weighted by molar-refractivity contribution is 9.09. The summed E-state index contributed by atoms with van der Waals surface area (Å²) >= 11 is 3.69. The Labute approximate surface area is 269 Å². The minimum atomic E-state index is -1.32. The van der Waals surface area contributed by atoms with Crippen LogP contribution in [-0.2, 0) is 36.9 Å². The van der Waals surface area contributed by atoms with Gasteiger partial charge in [0.05, 0.1) is 42.7 Å². The van der Waals surface area contributed by atoms with Gasteiger partial charge >= 0.3 is 5.97 Å². The maximum atomic E-state index is 14.9. The first kappa shape index (κ1) is 31.1. The number of amides is 2. The van der Waals surface area contributed by atoms with Gasteiger partial charge in [-0.15, -0.1) is 18.3 Å². The zero-order valence-electron chi connectivity index (χ0n) is 24.8. The van der Waals surface area contributed by atoms with Crippen molar-refractivity contribution in [3.05, 3.63) is 85.5 Å². The van der Waals surface area contributed by atoms with E-state index in [9.17, 15) is 19.5 Å². The van der Waals surface area contributed by atoms with E-state index < -0.39 is 60.0 Å². The Morgan fingerprint density at radius 2 is 1.93 bits per heavy atom. The van der Waals surface area contributed by atoms with Crippen molar-refractivity contribution in [3.8, 4) is 0 Å². The molecule has 4 heterocycles. The zero-order chi connectivity index (χ0) is 31.7. The van der Waals surface area contributed by atoms with Crippen LogP contribution in [0.15, 0.2) is 79.9 Å². The van der Waals surface area contributed by atoms with Crippen molar-refractivity contribution in [2.75, 3.05) is 19.8 Å². The lowest BCUT2D eigenvalue weighted by Crippen LogP contribution is -2.59. The zero-order valence-corrected chi connectivity index (χ0v) is 26.4. The number of aromatic nitrogens is 3. The molecule has 3 aliphatic rings. The summed E-state index contributed by atoms with van der Waals surface area (Å²) in [4.78, 5) is 45.7. The van der Waals surface area contributed by atoms with Crippen LogP contribution in [0, 0.1) is 11.8 Å². The van der Waals surface area contributed by atoms with Gasteiger partial charge in [0.25, 0.3) is 0 Å². The van der Waals surface area contributed by atoms with E-state index in [4.69, 9.17) is 9.47 Å². The number of nitrogens with zero attached hydrogens (tertiary/aromatic N) is 5. The quantitative estimate of drug-likeness (QED) is 0.127. The maximum Gasteiger partial charge on any atom is 0.312 e. The third kappa shape index (κ3) is 5.38. The van der Waals surface area contributed by atoms with Crippen LogP contribution in [0.5, 0.6) is 0 Å². The number of halogens is 1. The Morgan fingerprint density at radius 1 is 1.18 bits per heavy atom. The first-order chi connectivity index (χ1) is 21.8. The molecule has 2 aromatic carbocycles. The Bertz CT molecular complexity index is 1600. The van der Waals surface area contributed by atoms with Crippen molar-refractivity contribution in [3.63, 3.8) is 0 Å². The molecule has 1 N–H and O–H groups in total. The number of benzene rings is 2. The highest BCUT2D eigenvalue weighted by atomic mass is 79.9. The van der Waals surface area contributed by atoms with Crippen LogP contribution >= 0.6 is 15.9 Å². The molecular weight excluding hydrogens is 642 g/mol. The number of alkyl halides is 1. The van der Waals surface area contributed by atoms with Crippen molar-refractivity contribution in [2.24, 2.45) is 11.8 Å². The molecule has 0 radical (unpaired) electrons. The van der Waals surface area contributed by atoms with E-state index in [-0.39, 0.29) is 24.6 Å². The molecule has 2 bridgehead atoms. The molecule has 12 heteroatoms. The molecule has 0 aliphatic carbocycles. The third-order valence-electron chi connectivity index (χ3n) is 9.10. The minimum absolute atomic E-state index is 0.0430. The second-order valence-corrected chi connectivity index (χ2v) is 12.9. The fourth-order valence-corrected chi connectivity index (χ4v) is 8.16. The molecular formula is C33H36BrN5O6. The molecule has 236 valence electrons. The standard InChI is InChI=1S/C33H36BrN5O6/c1-3-5-16-44-32(43)26-27-30(41)39(22(19-40)17-21-11-7-6-8-12-21)29(33(27)18-23(34)28(26)45-33)31(42)37(15-4-2)20-38-25-14-10-9-13-24(25)35-36-38/h3-4,6-14,22-23,26-29,40H,1-2,5,15-20H2/t22-,23?,26+,27+,28+,29?,33?/m1/s1. The van der Waals surface area contributed by atoms with E-state index >= 15 is 0 Å². The van der Waals surface area contributed by atoms with Gasteiger partial charge in [-0.2, -0.15) is 0 Å². The molecule has 11 nitrogen and oxygen atoms in total. The summed E-state index contributed by atoms with van der Waals surface area (Å²) in [6.45, 7) is 7.49. The van der Waals surface area contributed by atoms with Crippen molar-refractivity contribution < 1.29 is 29.0 Å². The van der Waals surface area contributed by atoms with Crippen LogP contribution in [0.25, 0.3) is 11.0 Å². The lowest BCUT2D eigenvalue weighted by Gasteiger charge is -2.39. The summed E-state index contributed by atoms with van der Waals surface area (Å²) in [5.74, 6) is -3.20. The van der Waals surface area contributed by atoms with Crippen LogP contribution in [0.1, 0.15) is 18.4 Å². The molecule has 3 aliphatic heterocycles. The van der Waals surface area contributed by atoms with Gasteiger partial charge in [-0.25, -0.2) is 4.68 Å². The maximum absolute atomic E-state index is 14.9. The van der Waals surface area contributed by atoms with Crippen molar-refractivity contribution in [2.45, 2.75) is 54.5 Å². The minimum Gasteiger partial charge on any atom is -0.465 e. The summed E-state index contributed by atoms with van der Waals surface area (Å²) < 4.78 is 13.8. The van der Waals surface area contributed by atoms with Crippen LogP contribution in [0.2, 0.25) is 0 Å². The van der Waals surface area contributed by atoms with E-state index in [2.05, 4.69) is 39.4 Å². The second kappa shape index (κ2) is 12.9. The molecule has 3 fully saturated rings. The van der Waals surface area contributed by atoms with Gasteiger partial charge in [0, 0.05) is 11.4 Å². The van der Waals surface area contributed by atoms with Crippen LogP contribution < -0.4 is 0 Å². The number of hydrogen-bond acceptors (Lipinski definition) is 8. The number of carbonyl (C=O) groups excluding carboxylic acids is 3. The first-order valence-electron chi connectivity index (χ1n) is 15.1. The van der Waals surface area contributed by atoms with Gasteiger partial charge < -0.3 is 24.4 Å². The van der Waals surface area contributed by atoms with Crippen LogP contribution in [-0.4, -0.2) is 96.1 Å². The number of rotatable bonds is 13. The second-order valence-electron chi connectivity index (χ2n) is 11.7. The fraction of sp³-hybridized carbons (Fsp3) is 0.424. The molecule has 7 atom stereocenters. The molecule has 6 rings (SSSR count). The van der Waals surface area contributed by atoms with Gasteiger partial charge in [0.2, 0.25) is 11.8 Å². The molecule has 0 saturated carbocycles. The highest BCUT2D eigenvalue weighted by Crippen LogP contribution is 2.60. The lowest BCUT2D eigenvalue weighted by atomic mass is 9.70. The Hall–Kier alpha value is -3.87. The van der Waals surface area contributed by atoms with Gasteiger partial charge in [0.1, 0.15) is 23.8 Å². The van der Waals surface area contributed by atoms with Crippen molar-refractivity contribution in [1.29, 1.82) is 0 Å². The lowest BCUT2D eigenvalue weighted by molar-refractivity contribution is -0.156. The van der Waals surface area contributed by atoms with Gasteiger partial charge in [-0.1, -0.05) is 75.8 Å². The normalized spacial score (nSPS) is 27.4. The number of para-hydroxylation sites is 1. The average molecular weight is 679 g/mol. The fourth-order valence-electron chi connectivity index (χ4n) is 7.22. The topological polar surface area (TPSA) is 127 Å². The van der Waals surface area contributed by atoms with E-state index in [1.54, 1.807) is 21.7 Å². The number of carbonyl (C=O) groups is 3. The largest absolute Gasteiger partial charge is 0.465 e. The van der Waals surface area contributed by atoms with Crippen molar-refractivity contribution >= 4 is 44.7 Å². The Balaban J connectivity index is 1.41. The molecule has 3 aromatic rings. The number of aliphatic hydroxyl groups excluding tert-OH is 1. The molecule has 3 unspecified atom stereocenters. The molecule has 1 spiro atoms. The smallest absolute Gasteiger partial charge is 0.312 e. The number of hydrogen-bond donors (Lipinski definition) is 1. The van der Waals surface area contributed by atoms with Gasteiger partial charge in [0.15, 0.2) is 0 Å². The molecule has 2 amide bonds. The van der Waals surface area contributed by atoms with Crippen LogP contribution in [0.4, 0.5) is 0 Å². The van der Waals surface area contributed by atoms with Crippen molar-refractivity contribution in [1.82, 2.24) is 24.8 Å². The SMILES string of the molecule is C=CCCOC(=O)[C@H]1[C@H]2C(=O)N([C@@H](CO)Cc3ccccc3)C(C(=O)N(CC=C)Cn3nnc4ccccc43)C23CC(Br)[C@@H]1O3. The predicted molar refractivity (Wildman–Crippen MR) is 169 cm³/mol. The summed E-state index contributed by atoms with van der Waals surface area (Å²) in [6.07, 6.45) is 3.71. The van der Waals surface area contributed by atoms with E-state index in [1.807, 2.05) is 54.6 Å². The van der Waals surface area contributed by atoms with E-state index in [0.717, 1.165) is 11.1 Å². The monoisotopic (exact) mass is 677 g/mol. The summed E-state index contributed by atoms with van der Waals surface area (Å²) in [5, 5.41) is 19.2. The number of aliphatic hydroxyl groups is 1.